The van der Waals surface area contributed by atoms with Gasteiger partial charge >= 0.3 is 0 Å². The Morgan fingerprint density at radius 1 is 1.24 bits per heavy atom. The lowest BCUT2D eigenvalue weighted by Gasteiger charge is -2.05. The molecular formula is C14H10Cl2N4O. The molecule has 3 heterocycles. The Kier molecular flexibility index (Phi) is 3.53. The molecule has 0 spiro atoms. The molecule has 21 heavy (non-hydrogen) atoms. The Morgan fingerprint density at radius 2 is 2.00 bits per heavy atom. The summed E-state index contributed by atoms with van der Waals surface area (Å²) in [5.74, 6) is 0.0768. The topological polar surface area (TPSA) is 59.3 Å². The van der Waals surface area contributed by atoms with E-state index in [0.717, 1.165) is 0 Å². The molecule has 3 aromatic rings. The molecule has 3 aromatic heterocycles. The molecule has 0 aliphatic carbocycles. The summed E-state index contributed by atoms with van der Waals surface area (Å²) in [5.41, 5.74) is 1.66. The van der Waals surface area contributed by atoms with Crippen LogP contribution in [0.3, 0.4) is 0 Å². The Labute approximate surface area is 130 Å². The van der Waals surface area contributed by atoms with Crippen molar-refractivity contribution in [1.29, 1.82) is 0 Å². The summed E-state index contributed by atoms with van der Waals surface area (Å²) in [4.78, 5) is 20.8. The molecule has 0 aromatic carbocycles. The second-order valence-electron chi connectivity index (χ2n) is 4.43. The fourth-order valence-electron chi connectivity index (χ4n) is 2.06. The number of aromatic nitrogens is 3. The van der Waals surface area contributed by atoms with Gasteiger partial charge < -0.3 is 5.32 Å². The summed E-state index contributed by atoms with van der Waals surface area (Å²) in [7, 11) is 0. The van der Waals surface area contributed by atoms with Crippen LogP contribution in [0.2, 0.25) is 10.0 Å². The van der Waals surface area contributed by atoms with Crippen molar-refractivity contribution in [3.8, 4) is 0 Å². The van der Waals surface area contributed by atoms with Crippen LogP contribution in [0.25, 0.3) is 5.65 Å². The van der Waals surface area contributed by atoms with E-state index >= 15 is 0 Å². The third-order valence-electron chi connectivity index (χ3n) is 2.94. The Balaban J connectivity index is 2.00. The minimum Gasteiger partial charge on any atom is -0.305 e. The van der Waals surface area contributed by atoms with Crippen molar-refractivity contribution in [3.05, 3.63) is 58.1 Å². The molecule has 7 heteroatoms. The van der Waals surface area contributed by atoms with Crippen molar-refractivity contribution in [2.24, 2.45) is 0 Å². The third-order valence-corrected chi connectivity index (χ3v) is 3.41. The quantitative estimate of drug-likeness (QED) is 0.784. The maximum atomic E-state index is 12.4. The molecule has 0 fully saturated rings. The van der Waals surface area contributed by atoms with Crippen LogP contribution in [0, 0.1) is 6.92 Å². The van der Waals surface area contributed by atoms with Crippen molar-refractivity contribution in [1.82, 2.24) is 14.4 Å². The lowest BCUT2D eigenvalue weighted by Crippen LogP contribution is -2.16. The number of nitrogens with one attached hydrogen (secondary N) is 1. The van der Waals surface area contributed by atoms with E-state index in [1.807, 2.05) is 0 Å². The highest BCUT2D eigenvalue weighted by Gasteiger charge is 2.17. The molecule has 0 saturated heterocycles. The van der Waals surface area contributed by atoms with E-state index in [4.69, 9.17) is 23.2 Å². The SMILES string of the molecule is Cc1nc2cc(Cl)ccn2c1C(=O)Nc1cc(Cl)ccn1. The van der Waals surface area contributed by atoms with Gasteiger partial charge in [0.15, 0.2) is 0 Å². The molecular weight excluding hydrogens is 311 g/mol. The van der Waals surface area contributed by atoms with Gasteiger partial charge in [-0.3, -0.25) is 9.20 Å². The van der Waals surface area contributed by atoms with Gasteiger partial charge in [-0.15, -0.1) is 0 Å². The zero-order valence-corrected chi connectivity index (χ0v) is 12.5. The first-order valence-corrected chi connectivity index (χ1v) is 6.87. The maximum Gasteiger partial charge on any atom is 0.275 e. The van der Waals surface area contributed by atoms with Crippen LogP contribution < -0.4 is 5.32 Å². The number of carbonyl (C=O) groups is 1. The maximum absolute atomic E-state index is 12.4. The van der Waals surface area contributed by atoms with Crippen molar-refractivity contribution in [2.45, 2.75) is 6.92 Å². The van der Waals surface area contributed by atoms with E-state index in [2.05, 4.69) is 15.3 Å². The van der Waals surface area contributed by atoms with Gasteiger partial charge in [0.25, 0.3) is 5.91 Å². The van der Waals surface area contributed by atoms with E-state index in [-0.39, 0.29) is 5.91 Å². The van der Waals surface area contributed by atoms with Crippen LogP contribution in [-0.4, -0.2) is 20.3 Å². The van der Waals surface area contributed by atoms with Crippen LogP contribution in [0.15, 0.2) is 36.7 Å². The number of hydrogen-bond acceptors (Lipinski definition) is 3. The number of amides is 1. The second-order valence-corrected chi connectivity index (χ2v) is 5.31. The lowest BCUT2D eigenvalue weighted by atomic mass is 10.3. The normalized spacial score (nSPS) is 10.8. The lowest BCUT2D eigenvalue weighted by molar-refractivity contribution is 0.102. The molecule has 3 rings (SSSR count). The average Bonchev–Trinajstić information content (AvgIpc) is 2.73. The summed E-state index contributed by atoms with van der Waals surface area (Å²) in [6.07, 6.45) is 3.23. The summed E-state index contributed by atoms with van der Waals surface area (Å²) < 4.78 is 1.68. The van der Waals surface area contributed by atoms with Crippen molar-refractivity contribution in [3.63, 3.8) is 0 Å². The standard InChI is InChI=1S/C14H10Cl2N4O/c1-8-13(20-5-3-10(16)7-12(20)18-8)14(21)19-11-6-9(15)2-4-17-11/h2-7H,1H3,(H,17,19,21). The molecule has 106 valence electrons. The number of hydrogen-bond donors (Lipinski definition) is 1. The predicted octanol–water partition coefficient (Wildman–Crippen LogP) is 3.60. The molecule has 0 unspecified atom stereocenters. The van der Waals surface area contributed by atoms with Crippen LogP contribution in [0.5, 0.6) is 0 Å². The van der Waals surface area contributed by atoms with Crippen LogP contribution in [0.4, 0.5) is 5.82 Å². The number of pyridine rings is 2. The number of aryl methyl sites for hydroxylation is 1. The van der Waals surface area contributed by atoms with Crippen molar-refractivity contribution < 1.29 is 4.79 Å². The highest BCUT2D eigenvalue weighted by molar-refractivity contribution is 6.31. The third kappa shape index (κ3) is 2.70. The van der Waals surface area contributed by atoms with Gasteiger partial charge in [0.1, 0.15) is 17.2 Å². The Hall–Kier alpha value is -2.11. The number of fused-ring (bicyclic) bond motifs is 1. The fourth-order valence-corrected chi connectivity index (χ4v) is 2.37. The van der Waals surface area contributed by atoms with E-state index < -0.39 is 0 Å². The van der Waals surface area contributed by atoms with Gasteiger partial charge in [-0.2, -0.15) is 0 Å². The number of halogens is 2. The highest BCUT2D eigenvalue weighted by Crippen LogP contribution is 2.18. The first kappa shape index (κ1) is 13.9. The summed E-state index contributed by atoms with van der Waals surface area (Å²) in [6.45, 7) is 1.77. The number of nitrogens with zero attached hydrogens (tertiary/aromatic N) is 3. The Morgan fingerprint density at radius 3 is 2.76 bits per heavy atom. The number of rotatable bonds is 2. The largest absolute Gasteiger partial charge is 0.305 e. The monoisotopic (exact) mass is 320 g/mol. The van der Waals surface area contributed by atoms with Crippen LogP contribution in [0.1, 0.15) is 16.2 Å². The molecule has 1 N–H and O–H groups in total. The molecule has 0 bridgehead atoms. The first-order chi connectivity index (χ1) is 10.0. The van der Waals surface area contributed by atoms with Crippen LogP contribution >= 0.6 is 23.2 Å². The summed E-state index contributed by atoms with van der Waals surface area (Å²) >= 11 is 11.8. The second kappa shape index (κ2) is 5.35. The number of carbonyl (C=O) groups excluding carboxylic acids is 1. The summed E-state index contributed by atoms with van der Waals surface area (Å²) in [5, 5.41) is 3.77. The molecule has 0 atom stereocenters. The van der Waals surface area contributed by atoms with E-state index in [1.54, 1.807) is 41.8 Å². The first-order valence-electron chi connectivity index (χ1n) is 6.12. The zero-order valence-electron chi connectivity index (χ0n) is 11.0. The molecule has 5 nitrogen and oxygen atoms in total. The van der Waals surface area contributed by atoms with Gasteiger partial charge in [0.2, 0.25) is 0 Å². The zero-order chi connectivity index (χ0) is 15.0. The minimum atomic E-state index is -0.308. The van der Waals surface area contributed by atoms with Crippen molar-refractivity contribution >= 4 is 40.6 Å². The molecule has 0 aliphatic rings. The van der Waals surface area contributed by atoms with Crippen molar-refractivity contribution in [2.75, 3.05) is 5.32 Å². The van der Waals surface area contributed by atoms with E-state index in [0.29, 0.717) is 32.9 Å². The summed E-state index contributed by atoms with van der Waals surface area (Å²) in [6, 6.07) is 6.61. The van der Waals surface area contributed by atoms with Gasteiger partial charge in [-0.25, -0.2) is 9.97 Å². The van der Waals surface area contributed by atoms with Crippen LogP contribution in [-0.2, 0) is 0 Å². The minimum absolute atomic E-state index is 0.308. The molecule has 0 radical (unpaired) electrons. The fraction of sp³-hybridized carbons (Fsp3) is 0.0714. The molecule has 0 saturated carbocycles. The molecule has 0 aliphatic heterocycles. The van der Waals surface area contributed by atoms with Gasteiger partial charge in [-0.05, 0) is 25.1 Å². The predicted molar refractivity (Wildman–Crippen MR) is 82.1 cm³/mol. The average molecular weight is 321 g/mol. The van der Waals surface area contributed by atoms with E-state index in [9.17, 15) is 4.79 Å². The Bertz CT molecular complexity index is 844. The smallest absolute Gasteiger partial charge is 0.275 e. The number of anilines is 1. The van der Waals surface area contributed by atoms with Gasteiger partial charge in [0, 0.05) is 28.5 Å². The van der Waals surface area contributed by atoms with E-state index in [1.165, 1.54) is 6.20 Å². The van der Waals surface area contributed by atoms with Gasteiger partial charge in [0.05, 0.1) is 5.69 Å². The highest BCUT2D eigenvalue weighted by atomic mass is 35.5. The number of imidazole rings is 1. The van der Waals surface area contributed by atoms with Gasteiger partial charge in [-0.1, -0.05) is 23.2 Å². The molecule has 1 amide bonds.